The summed E-state index contributed by atoms with van der Waals surface area (Å²) in [7, 11) is 3.84. The van der Waals surface area contributed by atoms with Crippen molar-refractivity contribution in [2.75, 3.05) is 20.6 Å². The molecule has 0 N–H and O–H groups in total. The predicted molar refractivity (Wildman–Crippen MR) is 97.1 cm³/mol. The molecule has 3 nitrogen and oxygen atoms in total. The van der Waals surface area contributed by atoms with E-state index in [0.29, 0.717) is 22.9 Å². The number of hydrogen-bond donors (Lipinski definition) is 0. The highest BCUT2D eigenvalue weighted by Gasteiger charge is 2.37. The summed E-state index contributed by atoms with van der Waals surface area (Å²) >= 11 is 5.89. The van der Waals surface area contributed by atoms with Crippen LogP contribution in [-0.4, -0.2) is 36.9 Å². The number of ketones is 1. The number of benzene rings is 2. The summed E-state index contributed by atoms with van der Waals surface area (Å²) < 4.78 is 6.04. The van der Waals surface area contributed by atoms with Crippen molar-refractivity contribution in [1.29, 1.82) is 0 Å². The van der Waals surface area contributed by atoms with Crippen molar-refractivity contribution >= 4 is 29.8 Å². The molecule has 0 aliphatic carbocycles. The van der Waals surface area contributed by atoms with Crippen LogP contribution in [0.4, 0.5) is 0 Å². The smallest absolute Gasteiger partial charge is 0.207 e. The molecule has 1 unspecified atom stereocenters. The van der Waals surface area contributed by atoms with Crippen LogP contribution in [0.3, 0.4) is 0 Å². The third-order valence-corrected chi connectivity index (χ3v) is 3.54. The van der Waals surface area contributed by atoms with Crippen molar-refractivity contribution in [3.05, 3.63) is 65.2 Å². The predicted octanol–water partition coefficient (Wildman–Crippen LogP) is 4.34. The third-order valence-electron chi connectivity index (χ3n) is 3.29. The van der Waals surface area contributed by atoms with Crippen LogP contribution in [0.5, 0.6) is 5.75 Å². The summed E-state index contributed by atoms with van der Waals surface area (Å²) in [4.78, 5) is 14.9. The Morgan fingerprint density at radius 2 is 1.65 bits per heavy atom. The molecule has 124 valence electrons. The minimum atomic E-state index is -0.974. The van der Waals surface area contributed by atoms with Crippen LogP contribution < -0.4 is 4.74 Å². The molecule has 0 fully saturated rings. The van der Waals surface area contributed by atoms with Gasteiger partial charge < -0.3 is 9.64 Å². The van der Waals surface area contributed by atoms with E-state index in [1.165, 1.54) is 0 Å². The summed E-state index contributed by atoms with van der Waals surface area (Å²) in [5.41, 5.74) is -0.386. The van der Waals surface area contributed by atoms with Crippen molar-refractivity contribution in [1.82, 2.24) is 4.90 Å². The first-order valence-corrected chi connectivity index (χ1v) is 7.48. The quantitative estimate of drug-likeness (QED) is 0.723. The lowest BCUT2D eigenvalue weighted by atomic mass is 9.93. The van der Waals surface area contributed by atoms with E-state index in [-0.39, 0.29) is 18.2 Å². The van der Waals surface area contributed by atoms with E-state index in [0.717, 1.165) is 0 Å². The van der Waals surface area contributed by atoms with E-state index in [9.17, 15) is 4.79 Å². The fraction of sp³-hybridized carbons (Fsp3) is 0.278. The molecule has 5 heteroatoms. The maximum Gasteiger partial charge on any atom is 0.207 e. The van der Waals surface area contributed by atoms with Crippen LogP contribution >= 0.6 is 24.0 Å². The molecule has 0 aromatic heterocycles. The first-order valence-electron chi connectivity index (χ1n) is 7.10. The minimum absolute atomic E-state index is 0. The van der Waals surface area contributed by atoms with Gasteiger partial charge in [-0.1, -0.05) is 29.8 Å². The second kappa shape index (κ2) is 8.34. The van der Waals surface area contributed by atoms with Crippen molar-refractivity contribution in [2.45, 2.75) is 12.5 Å². The summed E-state index contributed by atoms with van der Waals surface area (Å²) in [5.74, 6) is 0.607. The largest absolute Gasteiger partial charge is 0.478 e. The van der Waals surface area contributed by atoms with Gasteiger partial charge in [0.05, 0.1) is 0 Å². The number of carbonyl (C=O) groups is 1. The van der Waals surface area contributed by atoms with Crippen molar-refractivity contribution < 1.29 is 9.53 Å². The highest BCUT2D eigenvalue weighted by atomic mass is 35.5. The fourth-order valence-electron chi connectivity index (χ4n) is 2.41. The van der Waals surface area contributed by atoms with E-state index in [1.54, 1.807) is 24.3 Å². The zero-order valence-corrected chi connectivity index (χ0v) is 15.0. The molecule has 0 radical (unpaired) electrons. The van der Waals surface area contributed by atoms with Gasteiger partial charge >= 0.3 is 0 Å². The van der Waals surface area contributed by atoms with Gasteiger partial charge in [-0.3, -0.25) is 4.79 Å². The van der Waals surface area contributed by atoms with Gasteiger partial charge in [0.1, 0.15) is 5.75 Å². The lowest BCUT2D eigenvalue weighted by Crippen LogP contribution is -2.49. The van der Waals surface area contributed by atoms with Crippen LogP contribution in [0.2, 0.25) is 5.02 Å². The molecular formula is C18H21Cl2NO2. The topological polar surface area (TPSA) is 29.5 Å². The maximum atomic E-state index is 12.9. The molecule has 2 aromatic rings. The van der Waals surface area contributed by atoms with E-state index in [4.69, 9.17) is 16.3 Å². The number of rotatable bonds is 6. The molecule has 0 amide bonds. The molecule has 23 heavy (non-hydrogen) atoms. The number of halogens is 2. The van der Waals surface area contributed by atoms with Gasteiger partial charge in [0.2, 0.25) is 5.78 Å². The zero-order chi connectivity index (χ0) is 16.2. The first kappa shape index (κ1) is 19.5. The maximum absolute atomic E-state index is 12.9. The number of nitrogens with zero attached hydrogens (tertiary/aromatic N) is 1. The van der Waals surface area contributed by atoms with Crippen LogP contribution in [0.1, 0.15) is 17.3 Å². The van der Waals surface area contributed by atoms with Gasteiger partial charge in [-0.25, -0.2) is 0 Å². The molecule has 0 spiro atoms. The van der Waals surface area contributed by atoms with Gasteiger partial charge in [-0.15, -0.1) is 12.4 Å². The Labute approximate surface area is 148 Å². The molecule has 0 saturated heterocycles. The van der Waals surface area contributed by atoms with Gasteiger partial charge in [0.15, 0.2) is 5.60 Å². The van der Waals surface area contributed by atoms with Gasteiger partial charge in [-0.05, 0) is 57.4 Å². The first-order chi connectivity index (χ1) is 10.4. The number of hydrogen-bond acceptors (Lipinski definition) is 3. The molecular weight excluding hydrogens is 333 g/mol. The van der Waals surface area contributed by atoms with E-state index < -0.39 is 5.60 Å². The molecule has 0 aliphatic heterocycles. The molecule has 0 bridgehead atoms. The number of ether oxygens (including phenoxy) is 1. The monoisotopic (exact) mass is 353 g/mol. The summed E-state index contributed by atoms with van der Waals surface area (Å²) in [6, 6.07) is 16.3. The lowest BCUT2D eigenvalue weighted by molar-refractivity contribution is 0.0412. The van der Waals surface area contributed by atoms with Crippen LogP contribution in [0.15, 0.2) is 54.6 Å². The van der Waals surface area contributed by atoms with Crippen molar-refractivity contribution in [3.63, 3.8) is 0 Å². The Balaban J connectivity index is 0.00000264. The Morgan fingerprint density at radius 3 is 2.17 bits per heavy atom. The number of Topliss-reactive ketones (excluding diaryl/α,β-unsaturated/α-hetero) is 1. The minimum Gasteiger partial charge on any atom is -0.478 e. The number of para-hydroxylation sites is 1. The van der Waals surface area contributed by atoms with Crippen molar-refractivity contribution in [2.24, 2.45) is 0 Å². The Hall–Kier alpha value is -1.55. The highest BCUT2D eigenvalue weighted by molar-refractivity contribution is 6.30. The van der Waals surface area contributed by atoms with E-state index in [1.807, 2.05) is 56.3 Å². The van der Waals surface area contributed by atoms with Crippen molar-refractivity contribution in [3.8, 4) is 5.75 Å². The van der Waals surface area contributed by atoms with Gasteiger partial charge in [-0.2, -0.15) is 0 Å². The Bertz CT molecular complexity index is 629. The van der Waals surface area contributed by atoms with Gasteiger partial charge in [0.25, 0.3) is 0 Å². The second-order valence-electron chi connectivity index (χ2n) is 5.72. The lowest BCUT2D eigenvalue weighted by Gasteiger charge is -2.32. The molecule has 0 saturated carbocycles. The van der Waals surface area contributed by atoms with E-state index >= 15 is 0 Å². The summed E-state index contributed by atoms with van der Waals surface area (Å²) in [5, 5.41) is 0.606. The molecule has 2 aromatic carbocycles. The average molecular weight is 354 g/mol. The Morgan fingerprint density at radius 1 is 1.09 bits per heavy atom. The zero-order valence-electron chi connectivity index (χ0n) is 13.5. The molecule has 2 rings (SSSR count). The highest BCUT2D eigenvalue weighted by Crippen LogP contribution is 2.24. The fourth-order valence-corrected chi connectivity index (χ4v) is 2.54. The van der Waals surface area contributed by atoms with E-state index in [2.05, 4.69) is 0 Å². The summed E-state index contributed by atoms with van der Waals surface area (Å²) in [6.07, 6.45) is 0. The SMILES string of the molecule is CN(C)CC(C)(Oc1ccccc1)C(=O)c1ccc(Cl)cc1.Cl. The van der Waals surface area contributed by atoms with Crippen LogP contribution in [-0.2, 0) is 0 Å². The third kappa shape index (κ3) is 5.24. The standard InChI is InChI=1S/C18H20ClNO2.ClH/c1-18(13-20(2)3,22-16-7-5-4-6-8-16)17(21)14-9-11-15(19)12-10-14;/h4-12H,13H2,1-3H3;1H. The number of carbonyl (C=O) groups excluding carboxylic acids is 1. The Kier molecular flexibility index (Phi) is 7.07. The second-order valence-corrected chi connectivity index (χ2v) is 6.16. The average Bonchev–Trinajstić information content (AvgIpc) is 2.47. The molecule has 0 heterocycles. The normalized spacial score (nSPS) is 13.1. The molecule has 0 aliphatic rings. The molecule has 1 atom stereocenters. The number of likely N-dealkylation sites (N-methyl/N-ethyl adjacent to an activating group) is 1. The summed E-state index contributed by atoms with van der Waals surface area (Å²) in [6.45, 7) is 2.29. The van der Waals surface area contributed by atoms with Crippen LogP contribution in [0, 0.1) is 0 Å². The van der Waals surface area contributed by atoms with Crippen LogP contribution in [0.25, 0.3) is 0 Å². The van der Waals surface area contributed by atoms with Gasteiger partial charge in [0, 0.05) is 17.1 Å².